The monoisotopic (exact) mass is 296 g/mol. The first-order chi connectivity index (χ1) is 9.81. The van der Waals surface area contributed by atoms with Crippen LogP contribution in [0.15, 0.2) is 12.2 Å². The number of hydrogen-bond donors (Lipinski definition) is 0. The summed E-state index contributed by atoms with van der Waals surface area (Å²) in [7, 11) is 0. The molecule has 0 aromatic rings. The molecule has 2 aliphatic rings. The predicted molar refractivity (Wildman–Crippen MR) is 86.0 cm³/mol. The Bertz CT molecular complexity index is 327. The summed E-state index contributed by atoms with van der Waals surface area (Å²) in [4.78, 5) is 12.0. The van der Waals surface area contributed by atoms with Crippen molar-refractivity contribution in [3.63, 3.8) is 0 Å². The first-order valence-corrected chi connectivity index (χ1v) is 9.26. The Morgan fingerprint density at radius 1 is 1.10 bits per heavy atom. The summed E-state index contributed by atoms with van der Waals surface area (Å²) in [6.45, 7) is 2.87. The summed E-state index contributed by atoms with van der Waals surface area (Å²) in [5.74, 6) is 0.168. The van der Waals surface area contributed by atoms with E-state index < -0.39 is 0 Å². The Morgan fingerprint density at radius 3 is 2.40 bits per heavy atom. The maximum atomic E-state index is 12.0. The zero-order valence-electron chi connectivity index (χ0n) is 12.7. The fourth-order valence-electron chi connectivity index (χ4n) is 3.02. The fraction of sp³-hybridized carbons (Fsp3) is 0.824. The van der Waals surface area contributed by atoms with Gasteiger partial charge in [0.15, 0.2) is 0 Å². The highest BCUT2D eigenvalue weighted by molar-refractivity contribution is 8.01. The van der Waals surface area contributed by atoms with Crippen molar-refractivity contribution in [3.8, 4) is 0 Å². The van der Waals surface area contributed by atoms with E-state index in [1.54, 1.807) is 0 Å². The number of carbonyl (C=O) groups excluding carboxylic acids is 1. The summed E-state index contributed by atoms with van der Waals surface area (Å²) in [6, 6.07) is 0. The van der Waals surface area contributed by atoms with E-state index in [9.17, 15) is 4.79 Å². The molecule has 20 heavy (non-hydrogen) atoms. The second-order valence-electron chi connectivity index (χ2n) is 6.01. The topological polar surface area (TPSA) is 26.3 Å². The second-order valence-corrected chi connectivity index (χ2v) is 7.43. The number of carbonyl (C=O) groups is 1. The van der Waals surface area contributed by atoms with Crippen molar-refractivity contribution in [2.75, 3.05) is 6.61 Å². The van der Waals surface area contributed by atoms with Crippen LogP contribution in [0, 0.1) is 5.92 Å². The molecule has 2 bridgehead atoms. The number of unbranched alkanes of at least 4 members (excludes halogenated alkanes) is 7. The summed E-state index contributed by atoms with van der Waals surface area (Å²) in [5.41, 5.74) is 0. The predicted octanol–water partition coefficient (Wildman–Crippen LogP) is 4.73. The molecule has 0 amide bonds. The Labute approximate surface area is 127 Å². The lowest BCUT2D eigenvalue weighted by Crippen LogP contribution is -2.24. The van der Waals surface area contributed by atoms with Crippen LogP contribution in [-0.2, 0) is 9.53 Å². The quantitative estimate of drug-likeness (QED) is 0.331. The molecule has 0 aliphatic carbocycles. The Hall–Kier alpha value is -0.440. The minimum absolute atomic E-state index is 0.0392. The summed E-state index contributed by atoms with van der Waals surface area (Å²) < 4.78 is 5.44. The third-order valence-electron chi connectivity index (χ3n) is 4.28. The molecule has 0 aromatic carbocycles. The number of ether oxygens (including phenoxy) is 1. The molecule has 1 saturated heterocycles. The molecular formula is C17H28O2S. The zero-order valence-corrected chi connectivity index (χ0v) is 13.5. The molecule has 2 aliphatic heterocycles. The van der Waals surface area contributed by atoms with E-state index in [4.69, 9.17) is 4.74 Å². The van der Waals surface area contributed by atoms with E-state index in [1.165, 1.54) is 44.9 Å². The SMILES string of the molecule is CCCCCCCCCCOC(=O)C1CC2C=CC1S2. The van der Waals surface area contributed by atoms with Gasteiger partial charge in [0.05, 0.1) is 12.5 Å². The average molecular weight is 296 g/mol. The molecule has 1 fully saturated rings. The van der Waals surface area contributed by atoms with Gasteiger partial charge in [-0.3, -0.25) is 4.79 Å². The molecule has 0 N–H and O–H groups in total. The molecule has 2 rings (SSSR count). The first kappa shape index (κ1) is 15.9. The second kappa shape index (κ2) is 8.76. The van der Waals surface area contributed by atoms with Gasteiger partial charge in [0.25, 0.3) is 0 Å². The van der Waals surface area contributed by atoms with Gasteiger partial charge >= 0.3 is 5.97 Å². The molecule has 114 valence electrons. The van der Waals surface area contributed by atoms with Gasteiger partial charge in [-0.05, 0) is 12.8 Å². The normalized spacial score (nSPS) is 27.1. The van der Waals surface area contributed by atoms with Gasteiger partial charge in [0.2, 0.25) is 0 Å². The molecule has 0 saturated carbocycles. The van der Waals surface area contributed by atoms with E-state index in [2.05, 4.69) is 19.1 Å². The Morgan fingerprint density at radius 2 is 1.80 bits per heavy atom. The number of esters is 1. The highest BCUT2D eigenvalue weighted by Gasteiger charge is 2.41. The van der Waals surface area contributed by atoms with Crippen LogP contribution in [0.1, 0.15) is 64.7 Å². The van der Waals surface area contributed by atoms with Crippen LogP contribution in [-0.4, -0.2) is 23.1 Å². The van der Waals surface area contributed by atoms with Crippen molar-refractivity contribution in [3.05, 3.63) is 12.2 Å². The molecule has 2 heterocycles. The van der Waals surface area contributed by atoms with Crippen LogP contribution in [0.25, 0.3) is 0 Å². The summed E-state index contributed by atoms with van der Waals surface area (Å²) >= 11 is 1.91. The summed E-state index contributed by atoms with van der Waals surface area (Å²) in [5, 5.41) is 0.965. The fourth-order valence-corrected chi connectivity index (χ4v) is 4.52. The lowest BCUT2D eigenvalue weighted by Gasteiger charge is -2.15. The smallest absolute Gasteiger partial charge is 0.310 e. The van der Waals surface area contributed by atoms with E-state index in [0.29, 0.717) is 17.1 Å². The first-order valence-electron chi connectivity index (χ1n) is 8.31. The Balaban J connectivity index is 1.43. The molecule has 0 spiro atoms. The highest BCUT2D eigenvalue weighted by Crippen LogP contribution is 2.45. The number of thioether (sulfide) groups is 1. The van der Waals surface area contributed by atoms with Crippen molar-refractivity contribution >= 4 is 17.7 Å². The largest absolute Gasteiger partial charge is 0.465 e. The molecule has 3 atom stereocenters. The molecule has 3 unspecified atom stereocenters. The van der Waals surface area contributed by atoms with E-state index >= 15 is 0 Å². The average Bonchev–Trinajstić information content (AvgIpc) is 3.08. The number of rotatable bonds is 10. The van der Waals surface area contributed by atoms with Gasteiger partial charge in [0, 0.05) is 10.5 Å². The zero-order chi connectivity index (χ0) is 14.2. The minimum atomic E-state index is 0.0392. The number of hydrogen-bond acceptors (Lipinski definition) is 3. The molecular weight excluding hydrogens is 268 g/mol. The number of fused-ring (bicyclic) bond motifs is 2. The van der Waals surface area contributed by atoms with Gasteiger partial charge in [-0.2, -0.15) is 0 Å². The van der Waals surface area contributed by atoms with Crippen LogP contribution < -0.4 is 0 Å². The third kappa shape index (κ3) is 4.83. The van der Waals surface area contributed by atoms with Crippen molar-refractivity contribution < 1.29 is 9.53 Å². The van der Waals surface area contributed by atoms with Crippen LogP contribution in [0.3, 0.4) is 0 Å². The molecule has 3 heteroatoms. The van der Waals surface area contributed by atoms with Crippen molar-refractivity contribution in [2.45, 2.75) is 75.2 Å². The van der Waals surface area contributed by atoms with Crippen LogP contribution in [0.4, 0.5) is 0 Å². The summed E-state index contributed by atoms with van der Waals surface area (Å²) in [6.07, 6.45) is 15.7. The lowest BCUT2D eigenvalue weighted by atomic mass is 9.95. The maximum absolute atomic E-state index is 12.0. The van der Waals surface area contributed by atoms with Crippen LogP contribution in [0.2, 0.25) is 0 Å². The van der Waals surface area contributed by atoms with Crippen molar-refractivity contribution in [2.24, 2.45) is 5.92 Å². The highest BCUT2D eigenvalue weighted by atomic mass is 32.2. The van der Waals surface area contributed by atoms with Crippen LogP contribution in [0.5, 0.6) is 0 Å². The van der Waals surface area contributed by atoms with Gasteiger partial charge < -0.3 is 4.74 Å². The van der Waals surface area contributed by atoms with E-state index in [1.807, 2.05) is 11.8 Å². The third-order valence-corrected chi connectivity index (χ3v) is 5.77. The molecule has 0 aromatic heterocycles. The van der Waals surface area contributed by atoms with Gasteiger partial charge in [0.1, 0.15) is 0 Å². The lowest BCUT2D eigenvalue weighted by molar-refractivity contribution is -0.148. The van der Waals surface area contributed by atoms with Crippen molar-refractivity contribution in [1.29, 1.82) is 0 Å². The molecule has 2 nitrogen and oxygen atoms in total. The maximum Gasteiger partial charge on any atom is 0.310 e. The minimum Gasteiger partial charge on any atom is -0.465 e. The molecule has 0 radical (unpaired) electrons. The standard InChI is InChI=1S/C17H28O2S/c1-2-3-4-5-6-7-8-9-12-19-17(18)15-13-14-10-11-16(15)20-14/h10-11,14-16H,2-9,12-13H2,1H3. The van der Waals surface area contributed by atoms with Gasteiger partial charge in [-0.1, -0.05) is 64.0 Å². The van der Waals surface area contributed by atoms with Crippen molar-refractivity contribution in [1.82, 2.24) is 0 Å². The van der Waals surface area contributed by atoms with Gasteiger partial charge in [-0.15, -0.1) is 11.8 Å². The Kier molecular flexibility index (Phi) is 6.98. The van der Waals surface area contributed by atoms with E-state index in [0.717, 1.165) is 12.8 Å². The van der Waals surface area contributed by atoms with Gasteiger partial charge in [-0.25, -0.2) is 0 Å². The van der Waals surface area contributed by atoms with Crippen LogP contribution >= 0.6 is 11.8 Å². The van der Waals surface area contributed by atoms with E-state index in [-0.39, 0.29) is 11.9 Å².